The number of unbranched alkanes of at least 4 members (excludes halogenated alkanes) is 1. The number of nitrogens with one attached hydrogen (secondary N) is 2. The fourth-order valence-electron chi connectivity index (χ4n) is 1.79. The molecule has 0 radical (unpaired) electrons. The molecule has 0 bridgehead atoms. The van der Waals surface area contributed by atoms with E-state index in [1.165, 1.54) is 18.2 Å². The molecule has 0 saturated heterocycles. The Morgan fingerprint density at radius 1 is 1.32 bits per heavy atom. The minimum atomic E-state index is -4.99. The van der Waals surface area contributed by atoms with E-state index in [1.54, 1.807) is 5.32 Å². The van der Waals surface area contributed by atoms with Crippen LogP contribution in [0.2, 0.25) is 5.02 Å². The maximum absolute atomic E-state index is 13.3. The van der Waals surface area contributed by atoms with Crippen molar-refractivity contribution in [2.45, 2.75) is 31.9 Å². The number of carbonyl (C=O) groups is 1. The van der Waals surface area contributed by atoms with Crippen LogP contribution in [-0.4, -0.2) is 24.7 Å². The highest BCUT2D eigenvalue weighted by Gasteiger charge is 2.65. The molecule has 122 valence electrons. The predicted octanol–water partition coefficient (Wildman–Crippen LogP) is 3.43. The molecular formula is C13H14ClF3N2O3. The van der Waals surface area contributed by atoms with Gasteiger partial charge in [-0.2, -0.15) is 13.2 Å². The van der Waals surface area contributed by atoms with E-state index < -0.39 is 18.1 Å². The van der Waals surface area contributed by atoms with E-state index in [0.717, 1.165) is 6.42 Å². The summed E-state index contributed by atoms with van der Waals surface area (Å²) in [6.07, 6.45) is -3.55. The van der Waals surface area contributed by atoms with Crippen LogP contribution in [0.3, 0.4) is 0 Å². The van der Waals surface area contributed by atoms with E-state index in [4.69, 9.17) is 21.1 Å². The third-order valence-corrected chi connectivity index (χ3v) is 3.12. The molecule has 1 atom stereocenters. The summed E-state index contributed by atoms with van der Waals surface area (Å²) in [5.41, 5.74) is 0. The zero-order valence-electron chi connectivity index (χ0n) is 11.6. The van der Waals surface area contributed by atoms with Crippen molar-refractivity contribution in [3.05, 3.63) is 23.2 Å². The number of ether oxygens (including phenoxy) is 2. The number of benzene rings is 1. The van der Waals surface area contributed by atoms with Gasteiger partial charge < -0.3 is 14.8 Å². The number of amides is 2. The van der Waals surface area contributed by atoms with Gasteiger partial charge in [0.2, 0.25) is 0 Å². The van der Waals surface area contributed by atoms with Gasteiger partial charge in [0.05, 0.1) is 0 Å². The average molecular weight is 339 g/mol. The van der Waals surface area contributed by atoms with E-state index >= 15 is 0 Å². The first-order valence-corrected chi connectivity index (χ1v) is 6.95. The lowest BCUT2D eigenvalue weighted by atomic mass is 10.3. The van der Waals surface area contributed by atoms with E-state index in [1.807, 2.05) is 6.92 Å². The number of rotatable bonds is 4. The van der Waals surface area contributed by atoms with Crippen molar-refractivity contribution in [3.8, 4) is 11.5 Å². The van der Waals surface area contributed by atoms with Gasteiger partial charge in [-0.25, -0.2) is 4.79 Å². The van der Waals surface area contributed by atoms with Crippen LogP contribution < -0.4 is 20.1 Å². The molecule has 0 fully saturated rings. The van der Waals surface area contributed by atoms with Gasteiger partial charge in [0.25, 0.3) is 0 Å². The lowest BCUT2D eigenvalue weighted by Crippen LogP contribution is -2.66. The third-order valence-electron chi connectivity index (χ3n) is 2.88. The van der Waals surface area contributed by atoms with Gasteiger partial charge in [-0.1, -0.05) is 24.9 Å². The summed E-state index contributed by atoms with van der Waals surface area (Å²) >= 11 is 5.70. The lowest BCUT2D eigenvalue weighted by molar-refractivity contribution is -0.317. The summed E-state index contributed by atoms with van der Waals surface area (Å²) in [6.45, 7) is 2.13. The van der Waals surface area contributed by atoms with Crippen molar-refractivity contribution in [1.29, 1.82) is 0 Å². The molecule has 2 rings (SSSR count). The van der Waals surface area contributed by atoms with Crippen molar-refractivity contribution < 1.29 is 27.4 Å². The molecular weight excluding hydrogens is 325 g/mol. The van der Waals surface area contributed by atoms with Gasteiger partial charge in [0.15, 0.2) is 11.5 Å². The van der Waals surface area contributed by atoms with Crippen molar-refractivity contribution in [2.24, 2.45) is 0 Å². The zero-order valence-corrected chi connectivity index (χ0v) is 12.3. The van der Waals surface area contributed by atoms with Crippen LogP contribution in [-0.2, 0) is 0 Å². The summed E-state index contributed by atoms with van der Waals surface area (Å²) in [4.78, 5) is 11.6. The second kappa shape index (κ2) is 6.12. The minimum Gasteiger partial charge on any atom is -0.424 e. The van der Waals surface area contributed by atoms with E-state index in [2.05, 4.69) is 5.32 Å². The SMILES string of the molecule is CCCCNC(=O)N[C@]1(C(F)(F)F)Oc2ccc(Cl)cc2O1. The smallest absolute Gasteiger partial charge is 0.424 e. The number of alkyl halides is 3. The Kier molecular flexibility index (Phi) is 4.60. The zero-order chi connectivity index (χ0) is 16.4. The first-order chi connectivity index (χ1) is 10.3. The van der Waals surface area contributed by atoms with E-state index in [9.17, 15) is 18.0 Å². The van der Waals surface area contributed by atoms with Crippen molar-refractivity contribution in [2.75, 3.05) is 6.54 Å². The standard InChI is InChI=1S/C13H14ClF3N2O3/c1-2-3-6-18-11(20)19-13(12(15,16)17)21-9-5-4-8(14)7-10(9)22-13/h4-5,7H,2-3,6H2,1H3,(H2,18,19,20)/t13-/m1/s1. The molecule has 5 nitrogen and oxygen atoms in total. The molecule has 1 heterocycles. The van der Waals surface area contributed by atoms with E-state index in [0.29, 0.717) is 6.42 Å². The highest BCUT2D eigenvalue weighted by molar-refractivity contribution is 6.30. The average Bonchev–Trinajstić information content (AvgIpc) is 2.77. The highest BCUT2D eigenvalue weighted by Crippen LogP contribution is 2.45. The number of hydrogen-bond donors (Lipinski definition) is 2. The summed E-state index contributed by atoms with van der Waals surface area (Å²) in [6, 6.07) is 2.74. The molecule has 1 aromatic rings. The number of carbonyl (C=O) groups excluding carboxylic acids is 1. The molecule has 22 heavy (non-hydrogen) atoms. The molecule has 2 N–H and O–H groups in total. The first-order valence-electron chi connectivity index (χ1n) is 6.58. The fourth-order valence-corrected chi connectivity index (χ4v) is 1.95. The van der Waals surface area contributed by atoms with Crippen LogP contribution in [0.15, 0.2) is 18.2 Å². The van der Waals surface area contributed by atoms with Gasteiger partial charge in [-0.3, -0.25) is 5.32 Å². The summed E-state index contributed by atoms with van der Waals surface area (Å²) in [5.74, 6) is -3.62. The van der Waals surface area contributed by atoms with Crippen molar-refractivity contribution in [1.82, 2.24) is 10.6 Å². The molecule has 1 aliphatic heterocycles. The monoisotopic (exact) mass is 338 g/mol. The fraction of sp³-hybridized carbons (Fsp3) is 0.462. The Balaban J connectivity index is 2.17. The molecule has 1 aromatic carbocycles. The Morgan fingerprint density at radius 3 is 2.64 bits per heavy atom. The van der Waals surface area contributed by atoms with E-state index in [-0.39, 0.29) is 23.1 Å². The van der Waals surface area contributed by atoms with Crippen LogP contribution in [0.4, 0.5) is 18.0 Å². The van der Waals surface area contributed by atoms with Crippen LogP contribution in [0.25, 0.3) is 0 Å². The molecule has 0 aromatic heterocycles. The van der Waals surface area contributed by atoms with Crippen LogP contribution >= 0.6 is 11.6 Å². The topological polar surface area (TPSA) is 59.6 Å². The summed E-state index contributed by atoms with van der Waals surface area (Å²) in [5, 5.41) is 4.19. The van der Waals surface area contributed by atoms with Crippen LogP contribution in [0, 0.1) is 0 Å². The lowest BCUT2D eigenvalue weighted by Gasteiger charge is -2.29. The predicted molar refractivity (Wildman–Crippen MR) is 72.9 cm³/mol. The normalized spacial score (nSPS) is 19.9. The number of hydrogen-bond acceptors (Lipinski definition) is 3. The Labute approximate surface area is 129 Å². The molecule has 0 unspecified atom stereocenters. The maximum atomic E-state index is 13.3. The minimum absolute atomic E-state index is 0.157. The quantitative estimate of drug-likeness (QED) is 0.827. The number of halogens is 4. The molecule has 2 amide bonds. The summed E-state index contributed by atoms with van der Waals surface area (Å²) < 4.78 is 49.5. The largest absolute Gasteiger partial charge is 0.492 e. The van der Waals surface area contributed by atoms with Gasteiger partial charge in [0.1, 0.15) is 0 Å². The van der Waals surface area contributed by atoms with Gasteiger partial charge >= 0.3 is 18.1 Å². The first kappa shape index (κ1) is 16.5. The second-order valence-corrected chi connectivity index (χ2v) is 5.08. The molecule has 0 saturated carbocycles. The van der Waals surface area contributed by atoms with Gasteiger partial charge in [-0.05, 0) is 18.6 Å². The van der Waals surface area contributed by atoms with Gasteiger partial charge in [0, 0.05) is 17.6 Å². The Morgan fingerprint density at radius 2 is 2.00 bits per heavy atom. The molecule has 9 heteroatoms. The Hall–Kier alpha value is -1.83. The second-order valence-electron chi connectivity index (χ2n) is 4.64. The maximum Gasteiger partial charge on any atom is 0.492 e. The number of fused-ring (bicyclic) bond motifs is 1. The molecule has 1 aliphatic rings. The van der Waals surface area contributed by atoms with Gasteiger partial charge in [-0.15, -0.1) is 0 Å². The molecule has 0 aliphatic carbocycles. The van der Waals surface area contributed by atoms with Crippen molar-refractivity contribution >= 4 is 17.6 Å². The third kappa shape index (κ3) is 3.32. The highest BCUT2D eigenvalue weighted by atomic mass is 35.5. The van der Waals surface area contributed by atoms with Crippen LogP contribution in [0.1, 0.15) is 19.8 Å². The van der Waals surface area contributed by atoms with Crippen LogP contribution in [0.5, 0.6) is 11.5 Å². The van der Waals surface area contributed by atoms with Crippen molar-refractivity contribution in [3.63, 3.8) is 0 Å². The summed E-state index contributed by atoms with van der Waals surface area (Å²) in [7, 11) is 0. The number of urea groups is 1. The molecule has 0 spiro atoms. The Bertz CT molecular complexity index is 568.